The molecule has 0 radical (unpaired) electrons. The molecule has 0 spiro atoms. The van der Waals surface area contributed by atoms with Gasteiger partial charge in [0, 0.05) is 43.9 Å². The normalized spacial score (nSPS) is 24.2. The van der Waals surface area contributed by atoms with Crippen LogP contribution in [0.2, 0.25) is 0 Å². The molecule has 9 N–H and O–H groups in total. The molecule has 3 aliphatic carbocycles. The molecule has 6 aromatic rings. The summed E-state index contributed by atoms with van der Waals surface area (Å²) in [6.07, 6.45) is 10.5. The second-order valence-corrected chi connectivity index (χ2v) is 17.7. The molecule has 6 aromatic heterocycles. The molecule has 11 rings (SSSR count). The van der Waals surface area contributed by atoms with Crippen molar-refractivity contribution >= 4 is 64.0 Å². The average molecular weight is 1020 g/mol. The molecule has 2 aliphatic heterocycles. The van der Waals surface area contributed by atoms with E-state index in [0.717, 1.165) is 6.20 Å². The Morgan fingerprint density at radius 3 is 1.51 bits per heavy atom. The minimum atomic E-state index is -2.97. The van der Waals surface area contributed by atoms with Crippen molar-refractivity contribution in [1.29, 1.82) is 0 Å². The van der Waals surface area contributed by atoms with Gasteiger partial charge in [-0.15, -0.1) is 0 Å². The van der Waals surface area contributed by atoms with E-state index in [9.17, 15) is 50.3 Å². The first-order valence-electron chi connectivity index (χ1n) is 22.3. The summed E-state index contributed by atoms with van der Waals surface area (Å²) in [4.78, 5) is 74.1. The van der Waals surface area contributed by atoms with E-state index < -0.39 is 72.1 Å². The number of hydrogen-bond donors (Lipinski definition) is 5. The van der Waals surface area contributed by atoms with Gasteiger partial charge < -0.3 is 37.7 Å². The smallest absolute Gasteiger partial charge is 0.870 e. The predicted octanol–water partition coefficient (Wildman–Crippen LogP) is 1.39. The number of rotatable bonds is 7. The van der Waals surface area contributed by atoms with Crippen LogP contribution >= 0.6 is 0 Å². The standard InChI is InChI=1S/C15H15F2N5O2.C14H13F2N5O3.C14H17F2N5O.Li.2H2O/c1-8(23)9-7-18-21-6-4-11(19-13(9)21)22-10-3-2-5-15(16,17)12(10)20-14(22)24;15-14(16)4-1-2-8-10(14)19-13(24)21(8)9-3-5-20-11(18-9)7(6-17-20)12(22)23;1-8(22)9-7-18-21-6-4-11(20-13(9)21)19-10-3-2-5-14(15,16)12(10)17;;;/h4,6-7,10,12H,2-3,5H2,1H3,(H,20,24);3,5-6,8,10H,1-2,4H2,(H,19,24)(H,22,23);4,6-7,10,12H,2-3,5,17H2,1H3,(H,19,20);;2*1H2/q;;;+1;;/p-1/t10-,12-;8-,10-;10-,12-;;;/m111.../s1. The summed E-state index contributed by atoms with van der Waals surface area (Å²) < 4.78 is 87.7. The van der Waals surface area contributed by atoms with Crippen molar-refractivity contribution < 1.29 is 85.2 Å². The first-order valence-corrected chi connectivity index (χ1v) is 22.3. The second kappa shape index (κ2) is 20.9. The number of urea groups is 2. The topological polar surface area (TPSA) is 326 Å². The summed E-state index contributed by atoms with van der Waals surface area (Å²) in [5.74, 6) is -9.55. The van der Waals surface area contributed by atoms with Gasteiger partial charge in [-0.05, 0) is 70.6 Å². The van der Waals surface area contributed by atoms with Crippen LogP contribution in [0.25, 0.3) is 16.9 Å². The Bertz CT molecular complexity index is 2930. The van der Waals surface area contributed by atoms with Crippen LogP contribution in [0.1, 0.15) is 103 Å². The number of ketones is 2. The van der Waals surface area contributed by atoms with Gasteiger partial charge >= 0.3 is 36.9 Å². The maximum atomic E-state index is 14.1. The van der Waals surface area contributed by atoms with Gasteiger partial charge in [-0.1, -0.05) is 0 Å². The minimum Gasteiger partial charge on any atom is -0.870 e. The molecule has 386 valence electrons. The molecule has 5 aliphatic rings. The Labute approximate surface area is 421 Å². The van der Waals surface area contributed by atoms with Crippen LogP contribution in [0.15, 0.2) is 55.4 Å². The Balaban J connectivity index is 0.000000175. The van der Waals surface area contributed by atoms with Crippen LogP contribution in [-0.2, 0) is 0 Å². The number of carbonyl (C=O) groups is 5. The van der Waals surface area contributed by atoms with Crippen LogP contribution in [0.3, 0.4) is 0 Å². The summed E-state index contributed by atoms with van der Waals surface area (Å²) in [6.45, 7) is 2.82. The monoisotopic (exact) mass is 1020 g/mol. The molecule has 23 nitrogen and oxygen atoms in total. The van der Waals surface area contributed by atoms with E-state index in [1.54, 1.807) is 24.5 Å². The Morgan fingerprint density at radius 1 is 0.658 bits per heavy atom. The number of alkyl halides is 6. The quantitative estimate of drug-likeness (QED) is 0.0857. The Morgan fingerprint density at radius 2 is 1.05 bits per heavy atom. The van der Waals surface area contributed by atoms with E-state index in [1.807, 2.05) is 0 Å². The molecule has 3 saturated carbocycles. The number of carbonyl (C=O) groups excluding carboxylic acids is 4. The van der Waals surface area contributed by atoms with Crippen LogP contribution < -0.4 is 50.3 Å². The zero-order valence-corrected chi connectivity index (χ0v) is 39.2. The summed E-state index contributed by atoms with van der Waals surface area (Å²) in [5, 5.41) is 28.7. The fourth-order valence-electron chi connectivity index (χ4n) is 9.65. The third-order valence-corrected chi connectivity index (χ3v) is 13.2. The molecule has 0 unspecified atom stereocenters. The van der Waals surface area contributed by atoms with Crippen LogP contribution in [0, 0.1) is 0 Å². The Kier molecular flexibility index (Phi) is 15.8. The van der Waals surface area contributed by atoms with Crippen molar-refractivity contribution in [2.45, 2.75) is 126 Å². The average Bonchev–Trinajstić information content (AvgIpc) is 4.14. The zero-order chi connectivity index (χ0) is 50.0. The van der Waals surface area contributed by atoms with Gasteiger partial charge in [0.2, 0.25) is 0 Å². The maximum Gasteiger partial charge on any atom is 1.00 e. The van der Waals surface area contributed by atoms with Crippen molar-refractivity contribution in [3.05, 3.63) is 72.1 Å². The van der Waals surface area contributed by atoms with E-state index in [4.69, 9.17) is 10.8 Å². The molecule has 73 heavy (non-hydrogen) atoms. The summed E-state index contributed by atoms with van der Waals surface area (Å²) in [7, 11) is 0. The molecule has 30 heteroatoms. The van der Waals surface area contributed by atoms with Gasteiger partial charge in [0.05, 0.1) is 47.8 Å². The van der Waals surface area contributed by atoms with Crippen LogP contribution in [-0.4, -0.2) is 143 Å². The van der Waals surface area contributed by atoms with E-state index in [0.29, 0.717) is 66.8 Å². The van der Waals surface area contributed by atoms with Crippen LogP contribution in [0.4, 0.5) is 53.4 Å². The number of carboxylic acids is 1. The molecule has 0 aromatic carbocycles. The van der Waals surface area contributed by atoms with E-state index in [-0.39, 0.29) is 83.5 Å². The number of aromatic carboxylic acids is 1. The number of fused-ring (bicyclic) bond motifs is 5. The minimum absolute atomic E-state index is 0. The van der Waals surface area contributed by atoms with E-state index in [2.05, 4.69) is 46.2 Å². The molecule has 2 saturated heterocycles. The van der Waals surface area contributed by atoms with Crippen molar-refractivity contribution in [2.75, 3.05) is 15.1 Å². The summed E-state index contributed by atoms with van der Waals surface area (Å²) >= 11 is 0. The number of nitrogens with zero attached hydrogens (tertiary/aromatic N) is 11. The summed E-state index contributed by atoms with van der Waals surface area (Å²) in [6, 6.07) is -2.27. The number of nitrogens with two attached hydrogens (primary N) is 1. The van der Waals surface area contributed by atoms with Gasteiger partial charge in [-0.25, -0.2) is 69.2 Å². The van der Waals surface area contributed by atoms with Crippen molar-refractivity contribution in [3.63, 3.8) is 0 Å². The Hall–Kier alpha value is -6.93. The second-order valence-electron chi connectivity index (χ2n) is 17.7. The van der Waals surface area contributed by atoms with Gasteiger partial charge in [0.15, 0.2) is 28.5 Å². The van der Waals surface area contributed by atoms with E-state index >= 15 is 0 Å². The first kappa shape index (κ1) is 55.4. The molecular formula is C43H48F6LiN15O8. The fourth-order valence-corrected chi connectivity index (χ4v) is 9.65. The number of nitrogens with one attached hydrogen (secondary N) is 3. The van der Waals surface area contributed by atoms with Crippen LogP contribution in [0.5, 0.6) is 0 Å². The molecule has 5 fully saturated rings. The van der Waals surface area contributed by atoms with Gasteiger partial charge in [0.1, 0.15) is 35.1 Å². The fraction of sp³-hybridized carbons (Fsp3) is 0.465. The van der Waals surface area contributed by atoms with Crippen molar-refractivity contribution in [3.8, 4) is 0 Å². The first-order chi connectivity index (χ1) is 33.1. The number of anilines is 3. The number of halogens is 6. The third kappa shape index (κ3) is 10.4. The zero-order valence-electron chi connectivity index (χ0n) is 39.2. The molecular weight excluding hydrogens is 975 g/mol. The van der Waals surface area contributed by atoms with Crippen molar-refractivity contribution in [1.82, 2.24) is 54.4 Å². The number of carboxylic acid groups (broad SMARTS) is 1. The number of aromatic nitrogens is 9. The van der Waals surface area contributed by atoms with Gasteiger partial charge in [-0.2, -0.15) is 15.3 Å². The van der Waals surface area contributed by atoms with E-state index in [1.165, 1.54) is 61.9 Å². The largest absolute Gasteiger partial charge is 1.00 e. The van der Waals surface area contributed by atoms with Crippen molar-refractivity contribution in [2.24, 2.45) is 5.73 Å². The molecule has 8 heterocycles. The summed E-state index contributed by atoms with van der Waals surface area (Å²) in [5.41, 5.74) is 7.01. The number of amides is 4. The SMILES string of the molecule is CC(=O)c1cnn2ccc(N3C(=O)N[C@@H]4[C@H]3CCCC4(F)F)nc12.CC(=O)c1cnn2ccc(N[C@@H]3CCCC(F)(F)[C@@H]3N)nc12.O.O=C(O)c1cnn2ccc(N3C(=O)N[C@@H]4[C@H]3CCCC4(F)F)nc12.[Li+].[OH-]. The molecule has 4 amide bonds. The van der Waals surface area contributed by atoms with Gasteiger partial charge in [0.25, 0.3) is 17.8 Å². The predicted molar refractivity (Wildman–Crippen MR) is 240 cm³/mol. The molecule has 0 bridgehead atoms. The molecule has 6 atom stereocenters. The number of hydrogen-bond acceptors (Lipinski definition) is 14. The number of Topliss-reactive ketones (excluding diaryl/α,β-unsaturated/α-hetero) is 2. The maximum absolute atomic E-state index is 14.1. The third-order valence-electron chi connectivity index (χ3n) is 13.2. The van der Waals surface area contributed by atoms with Gasteiger partial charge in [-0.3, -0.25) is 19.4 Å².